The van der Waals surface area contributed by atoms with Crippen molar-refractivity contribution in [2.24, 2.45) is 5.92 Å². The third kappa shape index (κ3) is 3.85. The molecule has 0 heterocycles. The molecular formula is C25H25F3O. The third-order valence-corrected chi connectivity index (χ3v) is 6.30. The normalized spacial score (nSPS) is 19.6. The Hall–Kier alpha value is -2.49. The van der Waals surface area contributed by atoms with Crippen molar-refractivity contribution in [1.29, 1.82) is 0 Å². The average molecular weight is 398 g/mol. The smallest absolute Gasteiger partial charge is 0.172 e. The molecule has 0 aromatic heterocycles. The molecule has 0 radical (unpaired) electrons. The summed E-state index contributed by atoms with van der Waals surface area (Å²) in [6, 6.07) is 10.2. The zero-order valence-corrected chi connectivity index (χ0v) is 16.5. The van der Waals surface area contributed by atoms with E-state index in [2.05, 4.69) is 6.92 Å². The third-order valence-electron chi connectivity index (χ3n) is 6.30. The highest BCUT2D eigenvalue weighted by molar-refractivity contribution is 5.89. The van der Waals surface area contributed by atoms with Crippen LogP contribution < -0.4 is 0 Å². The first-order chi connectivity index (χ1) is 14.0. The monoisotopic (exact) mass is 398 g/mol. The van der Waals surface area contributed by atoms with Gasteiger partial charge in [-0.1, -0.05) is 38.0 Å². The van der Waals surface area contributed by atoms with Gasteiger partial charge in [-0.3, -0.25) is 0 Å². The number of rotatable bonds is 4. The molecule has 0 saturated heterocycles. The summed E-state index contributed by atoms with van der Waals surface area (Å²) in [4.78, 5) is 0. The van der Waals surface area contributed by atoms with Gasteiger partial charge in [0.05, 0.1) is 5.56 Å². The van der Waals surface area contributed by atoms with Gasteiger partial charge in [0.25, 0.3) is 0 Å². The molecule has 29 heavy (non-hydrogen) atoms. The first kappa shape index (κ1) is 19.8. The van der Waals surface area contributed by atoms with Crippen LogP contribution in [0.1, 0.15) is 56.9 Å². The lowest BCUT2D eigenvalue weighted by atomic mass is 9.77. The van der Waals surface area contributed by atoms with Crippen LogP contribution in [0.4, 0.5) is 13.2 Å². The first-order valence-electron chi connectivity index (χ1n) is 10.4. The molecule has 0 aliphatic heterocycles. The summed E-state index contributed by atoms with van der Waals surface area (Å²) in [6.07, 6.45) is 6.60. The van der Waals surface area contributed by atoms with Crippen molar-refractivity contribution in [2.45, 2.75) is 51.4 Å². The van der Waals surface area contributed by atoms with E-state index in [0.717, 1.165) is 37.2 Å². The molecule has 1 nitrogen and oxygen atoms in total. The molecule has 0 amide bonds. The van der Waals surface area contributed by atoms with Crippen molar-refractivity contribution in [2.75, 3.05) is 0 Å². The van der Waals surface area contributed by atoms with Crippen LogP contribution in [0.15, 0.2) is 42.5 Å². The van der Waals surface area contributed by atoms with E-state index in [9.17, 15) is 18.3 Å². The fourth-order valence-corrected chi connectivity index (χ4v) is 4.73. The van der Waals surface area contributed by atoms with Gasteiger partial charge in [-0.15, -0.1) is 0 Å². The topological polar surface area (TPSA) is 20.2 Å². The van der Waals surface area contributed by atoms with Gasteiger partial charge in [-0.25, -0.2) is 13.2 Å². The summed E-state index contributed by atoms with van der Waals surface area (Å²) in [7, 11) is 0. The number of aromatic hydroxyl groups is 1. The largest absolute Gasteiger partial charge is 0.505 e. The molecular weight excluding hydrogens is 373 g/mol. The highest BCUT2D eigenvalue weighted by atomic mass is 19.1. The second-order valence-electron chi connectivity index (χ2n) is 8.20. The Morgan fingerprint density at radius 3 is 2.24 bits per heavy atom. The van der Waals surface area contributed by atoms with Gasteiger partial charge in [0, 0.05) is 5.39 Å². The van der Waals surface area contributed by atoms with Crippen molar-refractivity contribution in [3.63, 3.8) is 0 Å². The maximum Gasteiger partial charge on any atom is 0.172 e. The summed E-state index contributed by atoms with van der Waals surface area (Å²) in [6.45, 7) is 2.19. The van der Waals surface area contributed by atoms with Gasteiger partial charge >= 0.3 is 0 Å². The van der Waals surface area contributed by atoms with Crippen LogP contribution in [0.25, 0.3) is 21.9 Å². The van der Waals surface area contributed by atoms with Crippen LogP contribution in [-0.2, 0) is 0 Å². The molecule has 0 bridgehead atoms. The fraction of sp³-hybridized carbons (Fsp3) is 0.360. The summed E-state index contributed by atoms with van der Waals surface area (Å²) in [5, 5.41) is 10.2. The molecule has 0 spiro atoms. The average Bonchev–Trinajstić information content (AvgIpc) is 2.71. The molecule has 1 N–H and O–H groups in total. The minimum atomic E-state index is -0.732. The Morgan fingerprint density at radius 1 is 0.897 bits per heavy atom. The zero-order valence-electron chi connectivity index (χ0n) is 16.5. The Bertz CT molecular complexity index is 1010. The maximum absolute atomic E-state index is 14.9. The van der Waals surface area contributed by atoms with E-state index in [1.54, 1.807) is 6.07 Å². The van der Waals surface area contributed by atoms with Gasteiger partial charge in [0.15, 0.2) is 11.6 Å². The molecule has 3 aromatic carbocycles. The van der Waals surface area contributed by atoms with Crippen LogP contribution >= 0.6 is 0 Å². The Balaban J connectivity index is 1.64. The highest BCUT2D eigenvalue weighted by Gasteiger charge is 2.24. The molecule has 0 unspecified atom stereocenters. The quantitative estimate of drug-likeness (QED) is 0.477. The second kappa shape index (κ2) is 8.10. The molecule has 4 rings (SSSR count). The molecule has 4 heteroatoms. The van der Waals surface area contributed by atoms with Crippen LogP contribution in [0.5, 0.6) is 5.75 Å². The first-order valence-corrected chi connectivity index (χ1v) is 10.4. The minimum absolute atomic E-state index is 0.0937. The van der Waals surface area contributed by atoms with Crippen LogP contribution in [0.2, 0.25) is 0 Å². The lowest BCUT2D eigenvalue weighted by Gasteiger charge is -2.29. The zero-order chi connectivity index (χ0) is 20.5. The number of hydrogen-bond donors (Lipinski definition) is 1. The molecule has 1 fully saturated rings. The molecule has 1 aliphatic rings. The van der Waals surface area contributed by atoms with Gasteiger partial charge in [0.2, 0.25) is 0 Å². The Kier molecular flexibility index (Phi) is 5.53. The van der Waals surface area contributed by atoms with Crippen molar-refractivity contribution < 1.29 is 18.3 Å². The number of hydrogen-bond acceptors (Lipinski definition) is 1. The minimum Gasteiger partial charge on any atom is -0.505 e. The van der Waals surface area contributed by atoms with Gasteiger partial charge < -0.3 is 5.11 Å². The van der Waals surface area contributed by atoms with Gasteiger partial charge in [-0.2, -0.15) is 0 Å². The summed E-state index contributed by atoms with van der Waals surface area (Å²) in [5.74, 6) is -1.41. The summed E-state index contributed by atoms with van der Waals surface area (Å²) >= 11 is 0. The van der Waals surface area contributed by atoms with E-state index < -0.39 is 23.2 Å². The molecule has 1 aliphatic carbocycles. The van der Waals surface area contributed by atoms with E-state index in [4.69, 9.17) is 0 Å². The molecule has 152 valence electrons. The number of benzene rings is 3. The predicted molar refractivity (Wildman–Crippen MR) is 111 cm³/mol. The number of phenolic OH excluding ortho intramolecular Hbond substituents is 1. The Morgan fingerprint density at radius 2 is 1.59 bits per heavy atom. The van der Waals surface area contributed by atoms with E-state index in [0.29, 0.717) is 10.9 Å². The van der Waals surface area contributed by atoms with Gasteiger partial charge in [0.1, 0.15) is 11.6 Å². The van der Waals surface area contributed by atoms with Crippen molar-refractivity contribution in [1.82, 2.24) is 0 Å². The van der Waals surface area contributed by atoms with Crippen molar-refractivity contribution in [3.8, 4) is 16.9 Å². The fourth-order valence-electron chi connectivity index (χ4n) is 4.73. The number of fused-ring (bicyclic) bond motifs is 1. The van der Waals surface area contributed by atoms with E-state index in [1.165, 1.54) is 49.2 Å². The standard InChI is InChI=1S/C25H25F3O/c1-2-3-15-4-6-16(7-5-15)19-13-21(26)24(22(27)14-19)18-8-10-20-17(12-18)9-11-23(29)25(20)28/h8-16,29H,2-7H2,1H3. The van der Waals surface area contributed by atoms with Crippen molar-refractivity contribution >= 4 is 10.8 Å². The highest BCUT2D eigenvalue weighted by Crippen LogP contribution is 2.40. The van der Waals surface area contributed by atoms with E-state index >= 15 is 0 Å². The summed E-state index contributed by atoms with van der Waals surface area (Å²) < 4.78 is 43.9. The second-order valence-corrected chi connectivity index (χ2v) is 8.20. The van der Waals surface area contributed by atoms with Crippen LogP contribution in [0.3, 0.4) is 0 Å². The van der Waals surface area contributed by atoms with Crippen LogP contribution in [0, 0.1) is 23.4 Å². The molecule has 1 saturated carbocycles. The lowest BCUT2D eigenvalue weighted by Crippen LogP contribution is -2.13. The lowest BCUT2D eigenvalue weighted by molar-refractivity contribution is 0.307. The summed E-state index contributed by atoms with van der Waals surface area (Å²) in [5.41, 5.74) is 0.995. The SMILES string of the molecule is CCCC1CCC(c2cc(F)c(-c3ccc4c(F)c(O)ccc4c3)c(F)c2)CC1. The Labute approximate surface area is 169 Å². The molecule has 0 atom stereocenters. The number of phenols is 1. The van der Waals surface area contributed by atoms with Crippen LogP contribution in [-0.4, -0.2) is 5.11 Å². The van der Waals surface area contributed by atoms with Gasteiger partial charge in [-0.05, 0) is 78.3 Å². The molecule has 3 aromatic rings. The van der Waals surface area contributed by atoms with Crippen molar-refractivity contribution in [3.05, 3.63) is 65.5 Å². The maximum atomic E-state index is 14.9. The number of halogens is 3. The van der Waals surface area contributed by atoms with E-state index in [-0.39, 0.29) is 16.9 Å². The predicted octanol–water partition coefficient (Wildman–Crippen LogP) is 7.70. The van der Waals surface area contributed by atoms with E-state index in [1.807, 2.05) is 0 Å².